The highest BCUT2D eigenvalue weighted by molar-refractivity contribution is 6.07. The van der Waals surface area contributed by atoms with E-state index in [2.05, 4.69) is 22.1 Å². The van der Waals surface area contributed by atoms with E-state index in [1.165, 1.54) is 0 Å². The van der Waals surface area contributed by atoms with E-state index in [1.54, 1.807) is 12.1 Å². The smallest absolute Gasteiger partial charge is 0.217 e. The second kappa shape index (κ2) is 3.96. The van der Waals surface area contributed by atoms with E-state index >= 15 is 0 Å². The Hall–Kier alpha value is -1.84. The highest BCUT2D eigenvalue weighted by atomic mass is 16.5. The van der Waals surface area contributed by atoms with Crippen molar-refractivity contribution in [2.75, 3.05) is 26.3 Å². The maximum atomic E-state index is 5.43. The number of benzene rings is 1. The number of aliphatic imine (C=N–C) groups is 2. The van der Waals surface area contributed by atoms with E-state index in [0.717, 1.165) is 11.1 Å². The Balaban J connectivity index is 2.03. The normalized spacial score (nSPS) is 18.8. The summed E-state index contributed by atoms with van der Waals surface area (Å²) in [6, 6.07) is 9.80. The van der Waals surface area contributed by atoms with Crippen LogP contribution >= 0.6 is 0 Å². The van der Waals surface area contributed by atoms with Gasteiger partial charge in [-0.1, -0.05) is 12.1 Å². The first kappa shape index (κ1) is 9.39. The van der Waals surface area contributed by atoms with Gasteiger partial charge in [0.2, 0.25) is 11.8 Å². The van der Waals surface area contributed by atoms with Gasteiger partial charge in [0.15, 0.2) is 0 Å². The Morgan fingerprint density at radius 3 is 1.75 bits per heavy atom. The summed E-state index contributed by atoms with van der Waals surface area (Å²) in [7, 11) is 0. The van der Waals surface area contributed by atoms with E-state index < -0.39 is 0 Å². The molecule has 0 fully saturated rings. The quantitative estimate of drug-likeness (QED) is 0.732. The van der Waals surface area contributed by atoms with Crippen LogP contribution in [0.1, 0.15) is 11.1 Å². The van der Waals surface area contributed by atoms with Gasteiger partial charge in [0.05, 0.1) is 24.2 Å². The van der Waals surface area contributed by atoms with Crippen LogP contribution in [0.15, 0.2) is 22.1 Å². The third-order valence-electron chi connectivity index (χ3n) is 2.39. The fourth-order valence-corrected chi connectivity index (χ4v) is 1.70. The number of hydrogen-bond donors (Lipinski definition) is 0. The van der Waals surface area contributed by atoms with E-state index in [0.29, 0.717) is 38.1 Å². The molecular formula is C12H10N2O2. The van der Waals surface area contributed by atoms with Gasteiger partial charge in [0.25, 0.3) is 0 Å². The Bertz CT molecular complexity index is 423. The van der Waals surface area contributed by atoms with Crippen LogP contribution in [0.4, 0.5) is 0 Å². The SMILES string of the molecule is [c]1cc[c]c(C2=NCCO2)c1C1=NCCO1. The minimum absolute atomic E-state index is 0.616. The van der Waals surface area contributed by atoms with Crippen LogP contribution in [0, 0.1) is 12.1 Å². The largest absolute Gasteiger partial charge is 0.475 e. The van der Waals surface area contributed by atoms with Crippen molar-refractivity contribution >= 4 is 11.8 Å². The Kier molecular flexibility index (Phi) is 2.33. The lowest BCUT2D eigenvalue weighted by Gasteiger charge is -2.07. The highest BCUT2D eigenvalue weighted by Gasteiger charge is 2.20. The Morgan fingerprint density at radius 2 is 1.38 bits per heavy atom. The molecule has 0 spiro atoms. The Morgan fingerprint density at radius 1 is 0.875 bits per heavy atom. The first-order valence-corrected chi connectivity index (χ1v) is 5.23. The molecule has 4 nitrogen and oxygen atoms in total. The van der Waals surface area contributed by atoms with Crippen molar-refractivity contribution in [2.24, 2.45) is 9.98 Å². The third-order valence-corrected chi connectivity index (χ3v) is 2.39. The highest BCUT2D eigenvalue weighted by Crippen LogP contribution is 2.16. The lowest BCUT2D eigenvalue weighted by molar-refractivity contribution is 0.344. The van der Waals surface area contributed by atoms with Gasteiger partial charge >= 0.3 is 0 Å². The van der Waals surface area contributed by atoms with Crippen LogP contribution < -0.4 is 0 Å². The van der Waals surface area contributed by atoms with Crippen LogP contribution in [0.5, 0.6) is 0 Å². The zero-order valence-electron chi connectivity index (χ0n) is 8.69. The fourth-order valence-electron chi connectivity index (χ4n) is 1.70. The average Bonchev–Trinajstić information content (AvgIpc) is 3.03. The molecule has 0 aromatic heterocycles. The molecule has 2 radical (unpaired) electrons. The molecule has 0 N–H and O–H groups in total. The molecule has 2 aliphatic rings. The molecule has 2 aliphatic heterocycles. The summed E-state index contributed by atoms with van der Waals surface area (Å²) in [5.74, 6) is 1.23. The van der Waals surface area contributed by atoms with Crippen molar-refractivity contribution in [3.05, 3.63) is 35.4 Å². The summed E-state index contributed by atoms with van der Waals surface area (Å²) in [4.78, 5) is 8.54. The molecule has 0 amide bonds. The van der Waals surface area contributed by atoms with Crippen molar-refractivity contribution in [3.63, 3.8) is 0 Å². The van der Waals surface area contributed by atoms with Crippen molar-refractivity contribution in [2.45, 2.75) is 0 Å². The number of nitrogens with zero attached hydrogens (tertiary/aromatic N) is 2. The van der Waals surface area contributed by atoms with Gasteiger partial charge in [0.1, 0.15) is 13.2 Å². The molecule has 0 atom stereocenters. The first-order valence-electron chi connectivity index (χ1n) is 5.23. The summed E-state index contributed by atoms with van der Waals surface area (Å²) in [5, 5.41) is 0. The molecule has 80 valence electrons. The van der Waals surface area contributed by atoms with Gasteiger partial charge in [-0.25, -0.2) is 9.98 Å². The third kappa shape index (κ3) is 1.56. The predicted molar refractivity (Wildman–Crippen MR) is 58.8 cm³/mol. The summed E-state index contributed by atoms with van der Waals surface area (Å²) >= 11 is 0. The van der Waals surface area contributed by atoms with Gasteiger partial charge in [-0.05, 0) is 12.1 Å². The molecule has 0 saturated carbocycles. The van der Waals surface area contributed by atoms with Gasteiger partial charge < -0.3 is 9.47 Å². The van der Waals surface area contributed by atoms with E-state index in [1.807, 2.05) is 0 Å². The molecule has 0 aliphatic carbocycles. The minimum Gasteiger partial charge on any atom is -0.475 e. The topological polar surface area (TPSA) is 43.2 Å². The maximum Gasteiger partial charge on any atom is 0.217 e. The number of ether oxygens (including phenoxy) is 2. The fraction of sp³-hybridized carbons (Fsp3) is 0.333. The standard InChI is InChI=1S/C12H10N2O2/c1-2-4-10(12-14-6-8-16-12)9(3-1)11-13-5-7-15-11/h1-2H,5-8H2. The van der Waals surface area contributed by atoms with Crippen molar-refractivity contribution in [1.29, 1.82) is 0 Å². The second-order valence-corrected chi connectivity index (χ2v) is 3.44. The van der Waals surface area contributed by atoms with Gasteiger partial charge in [-0.3, -0.25) is 0 Å². The minimum atomic E-state index is 0.616. The first-order chi connectivity index (χ1) is 7.95. The summed E-state index contributed by atoms with van der Waals surface area (Å²) in [6.45, 7) is 2.66. The van der Waals surface area contributed by atoms with Crippen molar-refractivity contribution < 1.29 is 9.47 Å². The lowest BCUT2D eigenvalue weighted by atomic mass is 10.1. The second-order valence-electron chi connectivity index (χ2n) is 3.44. The van der Waals surface area contributed by atoms with E-state index in [9.17, 15) is 0 Å². The zero-order valence-corrected chi connectivity index (χ0v) is 8.69. The van der Waals surface area contributed by atoms with Crippen molar-refractivity contribution in [1.82, 2.24) is 0 Å². The number of rotatable bonds is 2. The van der Waals surface area contributed by atoms with E-state index in [-0.39, 0.29) is 0 Å². The van der Waals surface area contributed by atoms with Crippen LogP contribution in [0.2, 0.25) is 0 Å². The predicted octanol–water partition coefficient (Wildman–Crippen LogP) is 0.841. The molecule has 0 saturated heterocycles. The van der Waals surface area contributed by atoms with Gasteiger partial charge in [-0.2, -0.15) is 0 Å². The van der Waals surface area contributed by atoms with Gasteiger partial charge in [-0.15, -0.1) is 0 Å². The van der Waals surface area contributed by atoms with Crippen LogP contribution in [0.25, 0.3) is 0 Å². The Labute approximate surface area is 93.6 Å². The molecule has 0 bridgehead atoms. The van der Waals surface area contributed by atoms with Crippen LogP contribution in [0.3, 0.4) is 0 Å². The van der Waals surface area contributed by atoms with E-state index in [4.69, 9.17) is 9.47 Å². The molecule has 4 heteroatoms. The monoisotopic (exact) mass is 214 g/mol. The maximum absolute atomic E-state index is 5.43. The zero-order chi connectivity index (χ0) is 10.8. The summed E-state index contributed by atoms with van der Waals surface area (Å²) in [6.07, 6.45) is 0. The van der Waals surface area contributed by atoms with Crippen LogP contribution in [-0.2, 0) is 9.47 Å². The number of hydrogen-bond acceptors (Lipinski definition) is 4. The molecule has 3 rings (SSSR count). The summed E-state index contributed by atoms with van der Waals surface area (Å²) < 4.78 is 10.9. The summed E-state index contributed by atoms with van der Waals surface area (Å²) in [5.41, 5.74) is 1.58. The van der Waals surface area contributed by atoms with Crippen molar-refractivity contribution in [3.8, 4) is 0 Å². The molecule has 2 heterocycles. The average molecular weight is 214 g/mol. The molecule has 16 heavy (non-hydrogen) atoms. The molecule has 0 unspecified atom stereocenters. The molecular weight excluding hydrogens is 204 g/mol. The lowest BCUT2D eigenvalue weighted by Crippen LogP contribution is -2.11. The molecule has 1 aromatic carbocycles. The molecule has 1 aromatic rings. The van der Waals surface area contributed by atoms with Gasteiger partial charge in [0, 0.05) is 0 Å². The van der Waals surface area contributed by atoms with Crippen LogP contribution in [-0.4, -0.2) is 38.1 Å².